The van der Waals surface area contributed by atoms with Crippen molar-refractivity contribution in [2.45, 2.75) is 83.7 Å². The van der Waals surface area contributed by atoms with Crippen LogP contribution in [0.3, 0.4) is 0 Å². The quantitative estimate of drug-likeness (QED) is 0.0922. The predicted octanol–water partition coefficient (Wildman–Crippen LogP) is 7.90. The van der Waals surface area contributed by atoms with Crippen LogP contribution in [0, 0.1) is 18.6 Å². The van der Waals surface area contributed by atoms with Gasteiger partial charge in [0.05, 0.1) is 24.6 Å². The Morgan fingerprint density at radius 2 is 1.82 bits per heavy atom. The van der Waals surface area contributed by atoms with Gasteiger partial charge in [-0.1, -0.05) is 6.08 Å². The number of rotatable bonds is 12. The molecule has 1 unspecified atom stereocenters. The molecule has 10 heteroatoms. The lowest BCUT2D eigenvalue weighted by molar-refractivity contribution is -0.143. The Kier molecular flexibility index (Phi) is 11.6. The summed E-state index contributed by atoms with van der Waals surface area (Å²) in [5.41, 5.74) is -0.774. The van der Waals surface area contributed by atoms with Crippen LogP contribution in [-0.2, 0) is 33.5 Å². The molecule has 0 saturated carbocycles. The number of unbranched alkanes of at least 4 members (excludes halogenated alkanes) is 2. The number of hydrogen-bond donors (Lipinski definition) is 1. The molecule has 0 aromatic heterocycles. The number of ether oxygens (including phenoxy) is 1. The molecule has 0 aliphatic carbocycles. The molecule has 2 rings (SSSR count). The minimum atomic E-state index is -5.06. The van der Waals surface area contributed by atoms with Gasteiger partial charge in [-0.3, -0.25) is 4.79 Å². The van der Waals surface area contributed by atoms with Crippen LogP contribution in [0.2, 0.25) is 0 Å². The van der Waals surface area contributed by atoms with Gasteiger partial charge in [-0.25, -0.2) is 8.78 Å². The average Bonchev–Trinajstić information content (AvgIpc) is 2.80. The van der Waals surface area contributed by atoms with Crippen LogP contribution >= 0.6 is 0 Å². The number of hydrogen-bond acceptors (Lipinski definition) is 4. The van der Waals surface area contributed by atoms with Crippen molar-refractivity contribution in [3.05, 3.63) is 70.8 Å². The lowest BCUT2D eigenvalue weighted by Gasteiger charge is -2.29. The van der Waals surface area contributed by atoms with Crippen LogP contribution in [0.1, 0.15) is 81.7 Å². The molecule has 2 aromatic rings. The minimum Gasteiger partial charge on any atom is -0.598 e. The van der Waals surface area contributed by atoms with Crippen molar-refractivity contribution in [2.75, 3.05) is 6.61 Å². The van der Waals surface area contributed by atoms with E-state index >= 15 is 4.39 Å². The van der Waals surface area contributed by atoms with E-state index in [-0.39, 0.29) is 12.2 Å². The number of esters is 1. The maximum absolute atomic E-state index is 15.6. The highest BCUT2D eigenvalue weighted by atomic mass is 32.2. The maximum Gasteiger partial charge on any atom is 0.419 e. The van der Waals surface area contributed by atoms with E-state index in [0.29, 0.717) is 35.6 Å². The molecule has 0 aliphatic rings. The predicted molar refractivity (Wildman–Crippen MR) is 144 cm³/mol. The highest BCUT2D eigenvalue weighted by molar-refractivity contribution is 7.90. The largest absolute Gasteiger partial charge is 0.598 e. The van der Waals surface area contributed by atoms with Crippen LogP contribution in [0.15, 0.2) is 36.9 Å². The smallest absolute Gasteiger partial charge is 0.419 e. The Morgan fingerprint density at radius 3 is 2.38 bits per heavy atom. The summed E-state index contributed by atoms with van der Waals surface area (Å²) in [5.74, 6) is -2.90. The first-order valence-corrected chi connectivity index (χ1v) is 13.9. The van der Waals surface area contributed by atoms with Gasteiger partial charge in [-0.2, -0.15) is 13.2 Å². The molecule has 39 heavy (non-hydrogen) atoms. The third-order valence-corrected chi connectivity index (χ3v) is 7.65. The SMILES string of the molecule is C=CCCCCc1cc(F)cc(C)c1-c1cc([C@H](CC(=O)OCC)N[S+]([O-])C(C)(C)C)c(F)c(C(F)(F)F)c1. The lowest BCUT2D eigenvalue weighted by Crippen LogP contribution is -2.42. The third-order valence-electron chi connectivity index (χ3n) is 6.04. The van der Waals surface area contributed by atoms with E-state index in [1.165, 1.54) is 18.2 Å². The van der Waals surface area contributed by atoms with Crippen LogP contribution in [0.25, 0.3) is 11.1 Å². The van der Waals surface area contributed by atoms with Crippen molar-refractivity contribution in [1.82, 2.24) is 4.72 Å². The van der Waals surface area contributed by atoms with E-state index in [1.54, 1.807) is 40.7 Å². The second kappa shape index (κ2) is 13.8. The molecule has 216 valence electrons. The summed E-state index contributed by atoms with van der Waals surface area (Å²) in [5, 5.41) is 0. The molecule has 0 saturated heterocycles. The first-order chi connectivity index (χ1) is 18.1. The Labute approximate surface area is 230 Å². The number of benzene rings is 2. The topological polar surface area (TPSA) is 61.4 Å². The summed E-state index contributed by atoms with van der Waals surface area (Å²) in [6.45, 7) is 11.7. The monoisotopic (exact) mass is 573 g/mol. The number of nitrogens with one attached hydrogen (secondary N) is 1. The molecular weight excluding hydrogens is 537 g/mol. The molecule has 0 spiro atoms. The van der Waals surface area contributed by atoms with Gasteiger partial charge in [-0.05, 0) is 107 Å². The number of allylic oxidation sites excluding steroid dienone is 1. The minimum absolute atomic E-state index is 0.00816. The molecule has 0 bridgehead atoms. The van der Waals surface area contributed by atoms with Crippen molar-refractivity contribution in [3.63, 3.8) is 0 Å². The van der Waals surface area contributed by atoms with Gasteiger partial charge in [0.25, 0.3) is 0 Å². The second-order valence-corrected chi connectivity index (χ2v) is 12.3. The Balaban J connectivity index is 2.79. The van der Waals surface area contributed by atoms with Gasteiger partial charge in [0.2, 0.25) is 0 Å². The van der Waals surface area contributed by atoms with E-state index in [4.69, 9.17) is 4.74 Å². The van der Waals surface area contributed by atoms with E-state index < -0.39 is 63.5 Å². The van der Waals surface area contributed by atoms with Gasteiger partial charge in [0.15, 0.2) is 0 Å². The van der Waals surface area contributed by atoms with Gasteiger partial charge in [0.1, 0.15) is 16.4 Å². The van der Waals surface area contributed by atoms with Crippen LogP contribution < -0.4 is 4.72 Å². The number of carbonyl (C=O) groups is 1. The van der Waals surface area contributed by atoms with E-state index in [9.17, 15) is 26.9 Å². The second-order valence-electron chi connectivity index (χ2n) is 10.3. The highest BCUT2D eigenvalue weighted by Gasteiger charge is 2.39. The Hall–Kier alpha value is -2.43. The number of carbonyl (C=O) groups excluding carboxylic acids is 1. The van der Waals surface area contributed by atoms with Gasteiger partial charge < -0.3 is 9.29 Å². The highest BCUT2D eigenvalue weighted by Crippen LogP contribution is 2.40. The van der Waals surface area contributed by atoms with Gasteiger partial charge in [-0.15, -0.1) is 11.3 Å². The normalized spacial score (nSPS) is 13.7. The zero-order valence-electron chi connectivity index (χ0n) is 22.9. The summed E-state index contributed by atoms with van der Waals surface area (Å²) < 4.78 is 91.9. The summed E-state index contributed by atoms with van der Waals surface area (Å²) in [6.07, 6.45) is -1.36. The first-order valence-electron chi connectivity index (χ1n) is 12.7. The summed E-state index contributed by atoms with van der Waals surface area (Å²) >= 11 is -1.86. The average molecular weight is 574 g/mol. The summed E-state index contributed by atoms with van der Waals surface area (Å²) in [7, 11) is 0. The molecule has 0 fully saturated rings. The van der Waals surface area contributed by atoms with E-state index in [1.807, 2.05) is 0 Å². The molecule has 2 atom stereocenters. The number of aryl methyl sites for hydroxylation is 2. The zero-order valence-corrected chi connectivity index (χ0v) is 23.8. The van der Waals surface area contributed by atoms with Crippen molar-refractivity contribution < 1.29 is 36.0 Å². The molecule has 0 amide bonds. The van der Waals surface area contributed by atoms with Gasteiger partial charge >= 0.3 is 12.1 Å². The third kappa shape index (κ3) is 9.05. The fourth-order valence-electron chi connectivity index (χ4n) is 4.19. The van der Waals surface area contributed by atoms with Crippen molar-refractivity contribution in [1.29, 1.82) is 0 Å². The molecule has 0 heterocycles. The van der Waals surface area contributed by atoms with Crippen molar-refractivity contribution in [3.8, 4) is 11.1 Å². The number of halogens is 5. The van der Waals surface area contributed by atoms with E-state index in [0.717, 1.165) is 12.8 Å². The van der Waals surface area contributed by atoms with E-state index in [2.05, 4.69) is 11.3 Å². The fourth-order valence-corrected chi connectivity index (χ4v) is 5.01. The maximum atomic E-state index is 15.6. The summed E-state index contributed by atoms with van der Waals surface area (Å²) in [6, 6.07) is 3.02. The molecule has 2 aromatic carbocycles. The van der Waals surface area contributed by atoms with Crippen molar-refractivity contribution >= 4 is 17.3 Å². The standard InChI is InChI=1S/C29H36F5NO3S/c1-7-9-10-11-12-19-14-21(30)13-18(3)26(19)20-15-22(27(31)23(16-20)29(32,33)34)24(17-25(36)38-8-2)35-39(37)28(4,5)6/h7,13-16,24,35H,1,8-12,17H2,2-6H3/t24-,39?/m0/s1. The lowest BCUT2D eigenvalue weighted by atomic mass is 9.88. The van der Waals surface area contributed by atoms with Crippen LogP contribution in [0.4, 0.5) is 22.0 Å². The zero-order chi connectivity index (χ0) is 29.5. The van der Waals surface area contributed by atoms with Crippen molar-refractivity contribution in [2.24, 2.45) is 0 Å². The Morgan fingerprint density at radius 1 is 1.15 bits per heavy atom. The molecular formula is C29H36F5NO3S. The molecule has 0 aliphatic heterocycles. The molecule has 1 N–H and O–H groups in total. The first kappa shape index (κ1) is 32.8. The fraction of sp³-hybridized carbons (Fsp3) is 0.483. The number of alkyl halides is 3. The summed E-state index contributed by atoms with van der Waals surface area (Å²) in [4.78, 5) is 12.4. The van der Waals surface area contributed by atoms with Crippen LogP contribution in [-0.4, -0.2) is 21.9 Å². The molecule has 4 nitrogen and oxygen atoms in total. The Bertz CT molecular complexity index is 1160. The van der Waals surface area contributed by atoms with Crippen LogP contribution in [0.5, 0.6) is 0 Å². The van der Waals surface area contributed by atoms with Gasteiger partial charge in [0, 0.05) is 16.9 Å². The molecule has 0 radical (unpaired) electrons.